The van der Waals surface area contributed by atoms with Crippen LogP contribution in [0.4, 0.5) is 0 Å². The van der Waals surface area contributed by atoms with Crippen molar-refractivity contribution in [1.29, 1.82) is 0 Å². The first-order valence-electron chi connectivity index (χ1n) is 4.98. The maximum Gasteiger partial charge on any atom is 0.352 e. The maximum absolute atomic E-state index is 11.4. The van der Waals surface area contributed by atoms with Crippen molar-refractivity contribution >= 4 is 22.7 Å². The van der Waals surface area contributed by atoms with Crippen LogP contribution in [0.25, 0.3) is 10.9 Å². The largest absolute Gasteiger partial charge is 0.496 e. The number of carbonyl (C=O) groups excluding carboxylic acids is 1. The minimum atomic E-state index is -1.07. The zero-order chi connectivity index (χ0) is 12.6. The second kappa shape index (κ2) is 3.93. The molecule has 0 amide bonds. The zero-order valence-corrected chi connectivity index (χ0v) is 9.40. The maximum atomic E-state index is 11.4. The van der Waals surface area contributed by atoms with Gasteiger partial charge in [-0.3, -0.25) is 4.79 Å². The van der Waals surface area contributed by atoms with Crippen LogP contribution in [-0.2, 0) is 0 Å². The number of rotatable bonds is 3. The predicted molar refractivity (Wildman–Crippen MR) is 61.8 cm³/mol. The SMILES string of the molecule is COc1ccc(C(C)=O)c2[nH]c(C(=O)O)cc12. The van der Waals surface area contributed by atoms with Gasteiger partial charge in [-0.2, -0.15) is 0 Å². The molecule has 0 aliphatic rings. The molecule has 0 spiro atoms. The van der Waals surface area contributed by atoms with Gasteiger partial charge >= 0.3 is 5.97 Å². The highest BCUT2D eigenvalue weighted by molar-refractivity contribution is 6.09. The highest BCUT2D eigenvalue weighted by Gasteiger charge is 2.15. The average Bonchev–Trinajstić information content (AvgIpc) is 2.71. The number of ether oxygens (including phenoxy) is 1. The van der Waals surface area contributed by atoms with E-state index in [4.69, 9.17) is 9.84 Å². The molecule has 1 aromatic carbocycles. The van der Waals surface area contributed by atoms with Gasteiger partial charge in [0.1, 0.15) is 11.4 Å². The molecule has 5 nitrogen and oxygen atoms in total. The molecule has 2 N–H and O–H groups in total. The molecule has 0 atom stereocenters. The third kappa shape index (κ3) is 1.75. The first kappa shape index (κ1) is 11.2. The van der Waals surface area contributed by atoms with Gasteiger partial charge in [-0.1, -0.05) is 0 Å². The number of fused-ring (bicyclic) bond motifs is 1. The Morgan fingerprint density at radius 3 is 2.59 bits per heavy atom. The lowest BCUT2D eigenvalue weighted by molar-refractivity contribution is 0.0691. The lowest BCUT2D eigenvalue weighted by Gasteiger charge is -2.04. The summed E-state index contributed by atoms with van der Waals surface area (Å²) in [6, 6.07) is 4.73. The standard InChI is InChI=1S/C12H11NO4/c1-6(14)7-3-4-10(17-2)8-5-9(12(15)16)13-11(7)8/h3-5,13H,1-2H3,(H,15,16). The number of aromatic nitrogens is 1. The number of carboxylic acids is 1. The van der Waals surface area contributed by atoms with Crippen LogP contribution in [0, 0.1) is 0 Å². The van der Waals surface area contributed by atoms with Crippen molar-refractivity contribution in [2.45, 2.75) is 6.92 Å². The van der Waals surface area contributed by atoms with Crippen LogP contribution in [-0.4, -0.2) is 29.0 Å². The number of hydrogen-bond acceptors (Lipinski definition) is 3. The number of carboxylic acid groups (broad SMARTS) is 1. The minimum absolute atomic E-state index is 0.0343. The molecular weight excluding hydrogens is 222 g/mol. The van der Waals surface area contributed by atoms with E-state index >= 15 is 0 Å². The first-order chi connectivity index (χ1) is 8.04. The van der Waals surface area contributed by atoms with Crippen LogP contribution in [0.15, 0.2) is 18.2 Å². The number of nitrogens with one attached hydrogen (secondary N) is 1. The Bertz CT molecular complexity index is 612. The van der Waals surface area contributed by atoms with Crippen molar-refractivity contribution in [2.24, 2.45) is 0 Å². The van der Waals surface area contributed by atoms with Crippen LogP contribution in [0.1, 0.15) is 27.8 Å². The summed E-state index contributed by atoms with van der Waals surface area (Å²) < 4.78 is 5.13. The fourth-order valence-electron chi connectivity index (χ4n) is 1.78. The Morgan fingerprint density at radius 2 is 2.06 bits per heavy atom. The van der Waals surface area contributed by atoms with E-state index in [1.54, 1.807) is 12.1 Å². The predicted octanol–water partition coefficient (Wildman–Crippen LogP) is 2.08. The van der Waals surface area contributed by atoms with Crippen LogP contribution < -0.4 is 4.74 Å². The second-order valence-electron chi connectivity index (χ2n) is 3.65. The van der Waals surface area contributed by atoms with Gasteiger partial charge in [0.2, 0.25) is 0 Å². The molecule has 0 saturated carbocycles. The lowest BCUT2D eigenvalue weighted by Crippen LogP contribution is -1.97. The molecule has 1 heterocycles. The number of Topliss-reactive ketones (excluding diaryl/α,β-unsaturated/α-hetero) is 1. The number of H-pyrrole nitrogens is 1. The minimum Gasteiger partial charge on any atom is -0.496 e. The molecule has 0 aliphatic heterocycles. The van der Waals surface area contributed by atoms with Gasteiger partial charge in [-0.05, 0) is 25.1 Å². The van der Waals surface area contributed by atoms with E-state index in [0.29, 0.717) is 22.2 Å². The van der Waals surface area contributed by atoms with E-state index in [1.807, 2.05) is 0 Å². The van der Waals surface area contributed by atoms with Gasteiger partial charge < -0.3 is 14.8 Å². The third-order valence-corrected chi connectivity index (χ3v) is 2.58. The van der Waals surface area contributed by atoms with Crippen LogP contribution in [0.5, 0.6) is 5.75 Å². The summed E-state index contributed by atoms with van der Waals surface area (Å²) >= 11 is 0. The van der Waals surface area contributed by atoms with Crippen LogP contribution in [0.3, 0.4) is 0 Å². The van der Waals surface area contributed by atoms with Gasteiger partial charge in [0.15, 0.2) is 5.78 Å². The van der Waals surface area contributed by atoms with Gasteiger partial charge in [-0.15, -0.1) is 0 Å². The van der Waals surface area contributed by atoms with Crippen molar-refractivity contribution in [3.63, 3.8) is 0 Å². The molecule has 1 aromatic heterocycles. The summed E-state index contributed by atoms with van der Waals surface area (Å²) in [4.78, 5) is 25.0. The smallest absolute Gasteiger partial charge is 0.352 e. The molecule has 17 heavy (non-hydrogen) atoms. The molecule has 5 heteroatoms. The van der Waals surface area contributed by atoms with Crippen LogP contribution in [0.2, 0.25) is 0 Å². The molecule has 0 fully saturated rings. The van der Waals surface area contributed by atoms with Crippen LogP contribution >= 0.6 is 0 Å². The van der Waals surface area contributed by atoms with E-state index in [2.05, 4.69) is 4.98 Å². The van der Waals surface area contributed by atoms with Crippen molar-refractivity contribution in [3.8, 4) is 5.75 Å². The number of aromatic amines is 1. The second-order valence-corrected chi connectivity index (χ2v) is 3.65. The fraction of sp³-hybridized carbons (Fsp3) is 0.167. The Balaban J connectivity index is 2.81. The molecule has 2 rings (SSSR count). The van der Waals surface area contributed by atoms with Gasteiger partial charge in [0.25, 0.3) is 0 Å². The number of carbonyl (C=O) groups is 2. The Morgan fingerprint density at radius 1 is 1.35 bits per heavy atom. The monoisotopic (exact) mass is 233 g/mol. The summed E-state index contributed by atoms with van der Waals surface area (Å²) in [7, 11) is 1.50. The molecule has 0 bridgehead atoms. The number of benzene rings is 1. The third-order valence-electron chi connectivity index (χ3n) is 2.58. The summed E-state index contributed by atoms with van der Waals surface area (Å²) in [5.41, 5.74) is 0.981. The van der Waals surface area contributed by atoms with Crippen molar-refractivity contribution in [2.75, 3.05) is 7.11 Å². The fourth-order valence-corrected chi connectivity index (χ4v) is 1.78. The van der Waals surface area contributed by atoms with Gasteiger partial charge in [0.05, 0.1) is 12.6 Å². The lowest BCUT2D eigenvalue weighted by atomic mass is 10.1. The molecule has 0 radical (unpaired) electrons. The Kier molecular flexibility index (Phi) is 2.59. The highest BCUT2D eigenvalue weighted by atomic mass is 16.5. The average molecular weight is 233 g/mol. The number of aromatic carboxylic acids is 1. The molecule has 0 saturated heterocycles. The summed E-state index contributed by atoms with van der Waals surface area (Å²) in [5.74, 6) is -0.664. The molecular formula is C12H11NO4. The summed E-state index contributed by atoms with van der Waals surface area (Å²) in [6.07, 6.45) is 0. The van der Waals surface area contributed by atoms with E-state index in [9.17, 15) is 9.59 Å². The van der Waals surface area contributed by atoms with Crippen molar-refractivity contribution in [1.82, 2.24) is 4.98 Å². The molecule has 0 unspecified atom stereocenters. The quantitative estimate of drug-likeness (QED) is 0.795. The number of ketones is 1. The van der Waals surface area contributed by atoms with Crippen molar-refractivity contribution < 1.29 is 19.4 Å². The van der Waals surface area contributed by atoms with E-state index in [1.165, 1.54) is 20.1 Å². The summed E-state index contributed by atoms with van der Waals surface area (Å²) in [5, 5.41) is 9.52. The Labute approximate surface area is 97.0 Å². The first-order valence-corrected chi connectivity index (χ1v) is 4.98. The topological polar surface area (TPSA) is 79.4 Å². The highest BCUT2D eigenvalue weighted by Crippen LogP contribution is 2.29. The zero-order valence-electron chi connectivity index (χ0n) is 9.40. The van der Waals surface area contributed by atoms with E-state index in [-0.39, 0.29) is 11.5 Å². The number of methoxy groups -OCH3 is 1. The van der Waals surface area contributed by atoms with E-state index in [0.717, 1.165) is 0 Å². The molecule has 0 aliphatic carbocycles. The van der Waals surface area contributed by atoms with Crippen molar-refractivity contribution in [3.05, 3.63) is 29.5 Å². The normalized spacial score (nSPS) is 10.5. The van der Waals surface area contributed by atoms with Gasteiger partial charge in [0, 0.05) is 10.9 Å². The Hall–Kier alpha value is -2.30. The van der Waals surface area contributed by atoms with Gasteiger partial charge in [-0.25, -0.2) is 4.79 Å². The molecule has 88 valence electrons. The number of hydrogen-bond donors (Lipinski definition) is 2. The summed E-state index contributed by atoms with van der Waals surface area (Å²) in [6.45, 7) is 1.43. The molecule has 2 aromatic rings. The van der Waals surface area contributed by atoms with E-state index < -0.39 is 5.97 Å².